The third-order valence-corrected chi connectivity index (χ3v) is 3.88. The quantitative estimate of drug-likeness (QED) is 0.559. The first-order chi connectivity index (χ1) is 10.9. The van der Waals surface area contributed by atoms with E-state index >= 15 is 0 Å². The first-order valence-electron chi connectivity index (χ1n) is 6.45. The molecule has 0 spiro atoms. The van der Waals surface area contributed by atoms with E-state index in [1.807, 2.05) is 0 Å². The molecule has 0 saturated heterocycles. The van der Waals surface area contributed by atoms with E-state index in [1.165, 1.54) is 36.4 Å². The minimum Gasteiger partial charge on any atom is -0.457 e. The Bertz CT molecular complexity index is 742. The van der Waals surface area contributed by atoms with Crippen LogP contribution in [0.5, 0.6) is 0 Å². The number of ketones is 1. The molecule has 0 heterocycles. The van der Waals surface area contributed by atoms with Crippen LogP contribution in [-0.4, -0.2) is 18.4 Å². The van der Waals surface area contributed by atoms with Crippen LogP contribution >= 0.6 is 34.8 Å². The molecule has 3 nitrogen and oxygen atoms in total. The zero-order valence-corrected chi connectivity index (χ0v) is 13.9. The number of hydrogen-bond donors (Lipinski definition) is 0. The van der Waals surface area contributed by atoms with Crippen molar-refractivity contribution in [2.24, 2.45) is 0 Å². The lowest BCUT2D eigenvalue weighted by atomic mass is 10.1. The molecule has 0 atom stereocenters. The van der Waals surface area contributed by atoms with Crippen molar-refractivity contribution in [1.29, 1.82) is 0 Å². The van der Waals surface area contributed by atoms with Gasteiger partial charge in [0.1, 0.15) is 5.82 Å². The van der Waals surface area contributed by atoms with Gasteiger partial charge in [0.2, 0.25) is 5.78 Å². The number of carbonyl (C=O) groups is 2. The van der Waals surface area contributed by atoms with E-state index in [9.17, 15) is 14.0 Å². The summed E-state index contributed by atoms with van der Waals surface area (Å²) in [6.45, 7) is -0.508. The molecule has 0 amide bonds. The van der Waals surface area contributed by atoms with Crippen LogP contribution in [0.2, 0.25) is 15.1 Å². The summed E-state index contributed by atoms with van der Waals surface area (Å²) >= 11 is 17.5. The minimum absolute atomic E-state index is 0.0242. The summed E-state index contributed by atoms with van der Waals surface area (Å²) in [7, 11) is 0. The van der Waals surface area contributed by atoms with E-state index < -0.39 is 24.2 Å². The van der Waals surface area contributed by atoms with E-state index in [-0.39, 0.29) is 27.6 Å². The van der Waals surface area contributed by atoms with Gasteiger partial charge in [-0.2, -0.15) is 0 Å². The van der Waals surface area contributed by atoms with E-state index in [0.717, 1.165) is 0 Å². The molecular weight excluding hydrogens is 366 g/mol. The molecule has 0 N–H and O–H groups in total. The number of esters is 1. The molecule has 2 rings (SSSR count). The van der Waals surface area contributed by atoms with Crippen LogP contribution in [0.3, 0.4) is 0 Å². The van der Waals surface area contributed by atoms with Gasteiger partial charge in [0, 0.05) is 21.2 Å². The fourth-order valence-electron chi connectivity index (χ4n) is 1.84. The van der Waals surface area contributed by atoms with Gasteiger partial charge in [0.05, 0.1) is 11.4 Å². The normalized spacial score (nSPS) is 10.4. The maximum absolute atomic E-state index is 13.6. The van der Waals surface area contributed by atoms with Crippen molar-refractivity contribution in [3.8, 4) is 0 Å². The van der Waals surface area contributed by atoms with Gasteiger partial charge in [-0.25, -0.2) is 4.39 Å². The second kappa shape index (κ2) is 7.77. The number of Topliss-reactive ketones (excluding diaryl/α,β-unsaturated/α-hetero) is 1. The molecule has 0 radical (unpaired) electrons. The Kier molecular flexibility index (Phi) is 5.99. The Hall–Kier alpha value is -1.62. The Morgan fingerprint density at radius 2 is 1.78 bits per heavy atom. The largest absolute Gasteiger partial charge is 0.457 e. The van der Waals surface area contributed by atoms with Crippen molar-refractivity contribution in [2.45, 2.75) is 6.42 Å². The molecule has 0 fully saturated rings. The summed E-state index contributed by atoms with van der Waals surface area (Å²) in [4.78, 5) is 23.7. The average molecular weight is 376 g/mol. The van der Waals surface area contributed by atoms with Crippen LogP contribution in [0.1, 0.15) is 15.9 Å². The van der Waals surface area contributed by atoms with Gasteiger partial charge in [0.25, 0.3) is 0 Å². The monoisotopic (exact) mass is 374 g/mol. The highest BCUT2D eigenvalue weighted by Crippen LogP contribution is 2.22. The number of benzene rings is 2. The van der Waals surface area contributed by atoms with Crippen LogP contribution in [0.15, 0.2) is 36.4 Å². The lowest BCUT2D eigenvalue weighted by Gasteiger charge is -2.07. The molecule has 2 aromatic carbocycles. The molecule has 7 heteroatoms. The first-order valence-corrected chi connectivity index (χ1v) is 7.58. The molecule has 0 bridgehead atoms. The summed E-state index contributed by atoms with van der Waals surface area (Å²) in [6, 6.07) is 8.44. The number of ether oxygens (including phenoxy) is 1. The third kappa shape index (κ3) is 4.67. The molecule has 0 aliphatic carbocycles. The number of rotatable bonds is 5. The third-order valence-electron chi connectivity index (χ3n) is 2.98. The van der Waals surface area contributed by atoms with Crippen LogP contribution < -0.4 is 0 Å². The van der Waals surface area contributed by atoms with Crippen LogP contribution in [0.4, 0.5) is 4.39 Å². The highest BCUT2D eigenvalue weighted by atomic mass is 35.5. The van der Waals surface area contributed by atoms with Gasteiger partial charge >= 0.3 is 5.97 Å². The predicted octanol–water partition coefficient (Wildman–Crippen LogP) is 4.75. The molecule has 2 aromatic rings. The zero-order chi connectivity index (χ0) is 17.0. The predicted molar refractivity (Wildman–Crippen MR) is 86.9 cm³/mol. The molecule has 0 unspecified atom stereocenters. The van der Waals surface area contributed by atoms with Crippen molar-refractivity contribution in [1.82, 2.24) is 0 Å². The molecule has 0 saturated carbocycles. The van der Waals surface area contributed by atoms with Crippen molar-refractivity contribution in [2.75, 3.05) is 6.61 Å². The highest BCUT2D eigenvalue weighted by Gasteiger charge is 2.16. The van der Waals surface area contributed by atoms with Gasteiger partial charge in [-0.15, -0.1) is 0 Å². The molecule has 120 valence electrons. The molecule has 0 aromatic heterocycles. The SMILES string of the molecule is O=C(Cc1c(F)cccc1Cl)OCC(=O)c1ccc(Cl)cc1Cl. The summed E-state index contributed by atoms with van der Waals surface area (Å²) in [6.07, 6.45) is -0.368. The van der Waals surface area contributed by atoms with Crippen molar-refractivity contribution >= 4 is 46.6 Å². The van der Waals surface area contributed by atoms with Crippen molar-refractivity contribution in [3.05, 3.63) is 68.4 Å². The maximum atomic E-state index is 13.6. The topological polar surface area (TPSA) is 43.4 Å². The fourth-order valence-corrected chi connectivity index (χ4v) is 2.58. The van der Waals surface area contributed by atoms with E-state index in [4.69, 9.17) is 39.5 Å². The van der Waals surface area contributed by atoms with Gasteiger partial charge in [-0.3, -0.25) is 9.59 Å². The summed E-state index contributed by atoms with van der Waals surface area (Å²) < 4.78 is 18.4. The van der Waals surface area contributed by atoms with Crippen LogP contribution in [0.25, 0.3) is 0 Å². The van der Waals surface area contributed by atoms with Crippen LogP contribution in [0, 0.1) is 5.82 Å². The Morgan fingerprint density at radius 3 is 2.43 bits per heavy atom. The zero-order valence-electron chi connectivity index (χ0n) is 11.6. The van der Waals surface area contributed by atoms with Crippen LogP contribution in [-0.2, 0) is 16.0 Å². The van der Waals surface area contributed by atoms with E-state index in [2.05, 4.69) is 0 Å². The lowest BCUT2D eigenvalue weighted by Crippen LogP contribution is -2.16. The maximum Gasteiger partial charge on any atom is 0.310 e. The van der Waals surface area contributed by atoms with E-state index in [0.29, 0.717) is 5.02 Å². The summed E-state index contributed by atoms with van der Waals surface area (Å²) in [5.41, 5.74) is 0.212. The average Bonchev–Trinajstić information content (AvgIpc) is 2.49. The number of carbonyl (C=O) groups excluding carboxylic acids is 2. The molecular formula is C16H10Cl3FO3. The lowest BCUT2D eigenvalue weighted by molar-refractivity contribution is -0.141. The smallest absolute Gasteiger partial charge is 0.310 e. The first kappa shape index (κ1) is 17.7. The highest BCUT2D eigenvalue weighted by molar-refractivity contribution is 6.36. The number of hydrogen-bond acceptors (Lipinski definition) is 3. The molecule has 23 heavy (non-hydrogen) atoms. The summed E-state index contributed by atoms with van der Waals surface area (Å²) in [5.74, 6) is -1.86. The van der Waals surface area contributed by atoms with Crippen molar-refractivity contribution in [3.63, 3.8) is 0 Å². The van der Waals surface area contributed by atoms with Gasteiger partial charge < -0.3 is 4.74 Å². The Morgan fingerprint density at radius 1 is 1.04 bits per heavy atom. The van der Waals surface area contributed by atoms with Gasteiger partial charge in [-0.05, 0) is 30.3 Å². The second-order valence-electron chi connectivity index (χ2n) is 4.59. The van der Waals surface area contributed by atoms with Gasteiger partial charge in [-0.1, -0.05) is 40.9 Å². The van der Waals surface area contributed by atoms with Crippen molar-refractivity contribution < 1.29 is 18.7 Å². The Labute approximate surface area is 146 Å². The van der Waals surface area contributed by atoms with E-state index in [1.54, 1.807) is 0 Å². The second-order valence-corrected chi connectivity index (χ2v) is 5.84. The number of halogens is 4. The molecule has 0 aliphatic rings. The molecule has 0 aliphatic heterocycles. The minimum atomic E-state index is -0.768. The Balaban J connectivity index is 1.98. The van der Waals surface area contributed by atoms with Gasteiger partial charge in [0.15, 0.2) is 6.61 Å². The fraction of sp³-hybridized carbons (Fsp3) is 0.125. The summed E-state index contributed by atoms with van der Waals surface area (Å²) in [5, 5.41) is 0.669. The standard InChI is InChI=1S/C16H10Cl3FO3/c17-9-4-5-10(13(19)6-9)15(21)8-23-16(22)7-11-12(18)2-1-3-14(11)20/h1-6H,7-8H2.